The summed E-state index contributed by atoms with van der Waals surface area (Å²) in [6, 6.07) is -1.28. The summed E-state index contributed by atoms with van der Waals surface area (Å²) in [5, 5.41) is 108. The number of ether oxygens (including phenoxy) is 4. The Kier molecular flexibility index (Phi) is 34.5. The molecule has 16 heteroatoms. The van der Waals surface area contributed by atoms with Gasteiger partial charge in [-0.2, -0.15) is 0 Å². The molecule has 2 aliphatic rings. The number of aliphatic hydroxyl groups excluding tert-OH is 10. The van der Waals surface area contributed by atoms with Crippen LogP contribution in [0.5, 0.6) is 0 Å². The standard InChI is InChI=1S/C50H95NO15/c1-3-5-7-9-11-13-15-17-18-19-20-22-23-25-27-29-31-37(54)41(56)36(51-48(62)38(55)32-30-28-26-24-21-16-14-12-10-8-6-4-2)35-63-49-46(61)44(59)47(40(34-53)65-49)66-50-45(60)43(58)42(57)39(33-52)64-50/h17-18,36-47,49-50,52-61H,3-16,19-35H2,1-2H3,(H,51,62). The van der Waals surface area contributed by atoms with E-state index >= 15 is 0 Å². The van der Waals surface area contributed by atoms with E-state index < -0.39 is 111 Å². The molecule has 2 fully saturated rings. The highest BCUT2D eigenvalue weighted by Crippen LogP contribution is 2.30. The van der Waals surface area contributed by atoms with Crippen LogP contribution in [0, 0.1) is 0 Å². The molecule has 1 amide bonds. The van der Waals surface area contributed by atoms with E-state index in [-0.39, 0.29) is 12.8 Å². The van der Waals surface area contributed by atoms with E-state index in [1.54, 1.807) is 0 Å². The highest BCUT2D eigenvalue weighted by Gasteiger charge is 2.51. The van der Waals surface area contributed by atoms with E-state index in [1.165, 1.54) is 83.5 Å². The first-order chi connectivity index (χ1) is 31.9. The van der Waals surface area contributed by atoms with E-state index in [0.717, 1.165) is 70.6 Å². The number of carbonyl (C=O) groups excluding carboxylic acids is 1. The molecule has 0 bridgehead atoms. The Morgan fingerprint density at radius 1 is 0.545 bits per heavy atom. The first-order valence-corrected chi connectivity index (χ1v) is 26.1. The minimum Gasteiger partial charge on any atom is -0.394 e. The largest absolute Gasteiger partial charge is 0.394 e. The Bertz CT molecular complexity index is 1200. The molecule has 0 spiro atoms. The minimum absolute atomic E-state index is 0.204. The fourth-order valence-electron chi connectivity index (χ4n) is 8.75. The molecular weight excluding hydrogens is 855 g/mol. The quantitative estimate of drug-likeness (QED) is 0.0293. The molecule has 2 saturated heterocycles. The Morgan fingerprint density at radius 2 is 0.985 bits per heavy atom. The van der Waals surface area contributed by atoms with Crippen LogP contribution in [0.1, 0.15) is 194 Å². The number of nitrogens with one attached hydrogen (secondary N) is 1. The fourth-order valence-corrected chi connectivity index (χ4v) is 8.75. The predicted molar refractivity (Wildman–Crippen MR) is 252 cm³/mol. The van der Waals surface area contributed by atoms with Crippen LogP contribution in [0.3, 0.4) is 0 Å². The van der Waals surface area contributed by atoms with Crippen molar-refractivity contribution in [1.82, 2.24) is 5.32 Å². The van der Waals surface area contributed by atoms with Crippen LogP contribution in [0.15, 0.2) is 12.2 Å². The van der Waals surface area contributed by atoms with Gasteiger partial charge in [0.2, 0.25) is 5.91 Å². The number of carbonyl (C=O) groups is 1. The maximum atomic E-state index is 13.3. The minimum atomic E-state index is -1.85. The third-order valence-corrected chi connectivity index (χ3v) is 13.2. The van der Waals surface area contributed by atoms with Gasteiger partial charge in [-0.1, -0.05) is 167 Å². The van der Waals surface area contributed by atoms with Crippen molar-refractivity contribution in [3.05, 3.63) is 12.2 Å². The molecule has 0 aliphatic carbocycles. The molecule has 0 saturated carbocycles. The van der Waals surface area contributed by atoms with Gasteiger partial charge in [0, 0.05) is 0 Å². The van der Waals surface area contributed by atoms with Crippen molar-refractivity contribution >= 4 is 5.91 Å². The van der Waals surface area contributed by atoms with Gasteiger partial charge in [0.1, 0.15) is 61.0 Å². The molecule has 16 nitrogen and oxygen atoms in total. The van der Waals surface area contributed by atoms with Crippen LogP contribution >= 0.6 is 0 Å². The first-order valence-electron chi connectivity index (χ1n) is 26.1. The summed E-state index contributed by atoms with van der Waals surface area (Å²) in [4.78, 5) is 13.3. The third-order valence-electron chi connectivity index (χ3n) is 13.2. The normalized spacial score (nSPS) is 27.8. The predicted octanol–water partition coefficient (Wildman–Crippen LogP) is 4.71. The number of unbranched alkanes of at least 4 members (excludes halogenated alkanes) is 23. The summed E-state index contributed by atoms with van der Waals surface area (Å²) >= 11 is 0. The average molecular weight is 950 g/mol. The van der Waals surface area contributed by atoms with E-state index in [9.17, 15) is 55.9 Å². The van der Waals surface area contributed by atoms with Gasteiger partial charge in [0.15, 0.2) is 12.6 Å². The summed E-state index contributed by atoms with van der Waals surface area (Å²) in [5.74, 6) is -0.762. The van der Waals surface area contributed by atoms with Crippen molar-refractivity contribution in [2.24, 2.45) is 0 Å². The molecule has 2 aliphatic heterocycles. The van der Waals surface area contributed by atoms with Crippen LogP contribution in [0.25, 0.3) is 0 Å². The summed E-state index contributed by atoms with van der Waals surface area (Å²) in [6.07, 6.45) is 13.7. The van der Waals surface area contributed by atoms with Gasteiger partial charge in [-0.05, 0) is 38.5 Å². The van der Waals surface area contributed by atoms with Gasteiger partial charge < -0.3 is 75.3 Å². The maximum absolute atomic E-state index is 13.3. The lowest BCUT2D eigenvalue weighted by molar-refractivity contribution is -0.359. The van der Waals surface area contributed by atoms with Crippen molar-refractivity contribution < 1.29 is 74.8 Å². The zero-order valence-electron chi connectivity index (χ0n) is 40.7. The lowest BCUT2D eigenvalue weighted by Crippen LogP contribution is -2.65. The molecule has 11 N–H and O–H groups in total. The van der Waals surface area contributed by atoms with Crippen molar-refractivity contribution in [2.75, 3.05) is 19.8 Å². The van der Waals surface area contributed by atoms with Crippen LogP contribution in [-0.2, 0) is 23.7 Å². The summed E-state index contributed by atoms with van der Waals surface area (Å²) < 4.78 is 22.5. The second-order valence-electron chi connectivity index (χ2n) is 18.9. The highest BCUT2D eigenvalue weighted by atomic mass is 16.7. The summed E-state index contributed by atoms with van der Waals surface area (Å²) in [7, 11) is 0. The number of hydrogen-bond acceptors (Lipinski definition) is 15. The summed E-state index contributed by atoms with van der Waals surface area (Å²) in [5.41, 5.74) is 0. The molecule has 66 heavy (non-hydrogen) atoms. The fraction of sp³-hybridized carbons (Fsp3) is 0.940. The van der Waals surface area contributed by atoms with Crippen molar-refractivity contribution in [3.8, 4) is 0 Å². The van der Waals surface area contributed by atoms with Crippen LogP contribution in [-0.4, -0.2) is 163 Å². The molecule has 0 aromatic heterocycles. The van der Waals surface area contributed by atoms with Crippen LogP contribution < -0.4 is 5.32 Å². The Hall–Kier alpha value is -1.35. The zero-order chi connectivity index (χ0) is 48.5. The molecule has 14 atom stereocenters. The molecule has 2 heterocycles. The van der Waals surface area contributed by atoms with E-state index in [1.807, 2.05) is 0 Å². The molecule has 0 aromatic rings. The Labute approximate surface area is 396 Å². The third kappa shape index (κ3) is 24.0. The van der Waals surface area contributed by atoms with E-state index in [4.69, 9.17) is 18.9 Å². The van der Waals surface area contributed by atoms with Gasteiger partial charge in [-0.15, -0.1) is 0 Å². The van der Waals surface area contributed by atoms with E-state index in [0.29, 0.717) is 12.8 Å². The molecule has 390 valence electrons. The number of allylic oxidation sites excluding steroid dienone is 2. The van der Waals surface area contributed by atoms with Crippen molar-refractivity contribution in [2.45, 2.75) is 279 Å². The van der Waals surface area contributed by atoms with E-state index in [2.05, 4.69) is 31.3 Å². The second kappa shape index (κ2) is 37.5. The zero-order valence-corrected chi connectivity index (χ0v) is 40.7. The molecule has 14 unspecified atom stereocenters. The number of hydrogen-bond donors (Lipinski definition) is 11. The average Bonchev–Trinajstić information content (AvgIpc) is 3.31. The van der Waals surface area contributed by atoms with Gasteiger partial charge in [-0.25, -0.2) is 0 Å². The monoisotopic (exact) mass is 950 g/mol. The van der Waals surface area contributed by atoms with Crippen molar-refractivity contribution in [3.63, 3.8) is 0 Å². The topological polar surface area (TPSA) is 268 Å². The number of amides is 1. The van der Waals surface area contributed by atoms with Gasteiger partial charge in [0.25, 0.3) is 0 Å². The number of aliphatic hydroxyl groups is 10. The molecular formula is C50H95NO15. The second-order valence-corrected chi connectivity index (χ2v) is 18.9. The SMILES string of the molecule is CCCCCCCCC=CCCCCCCCCC(O)C(O)C(COC1OC(CO)C(OC2OC(CO)C(O)C(O)C2O)C(O)C1O)NC(=O)C(O)CCCCCCCCCCCCCC. The molecule has 0 radical (unpaired) electrons. The lowest BCUT2D eigenvalue weighted by atomic mass is 9.97. The Balaban J connectivity index is 1.91. The molecule has 0 aromatic carbocycles. The smallest absolute Gasteiger partial charge is 0.249 e. The maximum Gasteiger partial charge on any atom is 0.249 e. The lowest BCUT2D eigenvalue weighted by Gasteiger charge is -2.46. The van der Waals surface area contributed by atoms with Crippen LogP contribution in [0.2, 0.25) is 0 Å². The summed E-state index contributed by atoms with van der Waals surface area (Å²) in [6.45, 7) is 2.40. The highest BCUT2D eigenvalue weighted by molar-refractivity contribution is 5.80. The van der Waals surface area contributed by atoms with Gasteiger partial charge >= 0.3 is 0 Å². The number of rotatable bonds is 40. The molecule has 2 rings (SSSR count). The van der Waals surface area contributed by atoms with Gasteiger partial charge in [0.05, 0.1) is 32.0 Å². The first kappa shape index (κ1) is 60.8. The van der Waals surface area contributed by atoms with Crippen molar-refractivity contribution in [1.29, 1.82) is 0 Å². The Morgan fingerprint density at radius 3 is 1.48 bits per heavy atom. The van der Waals surface area contributed by atoms with Gasteiger partial charge in [-0.3, -0.25) is 4.79 Å². The van der Waals surface area contributed by atoms with Crippen LogP contribution in [0.4, 0.5) is 0 Å².